The van der Waals surface area contributed by atoms with E-state index < -0.39 is 11.7 Å². The van der Waals surface area contributed by atoms with Crippen molar-refractivity contribution < 1.29 is 14.3 Å². The normalized spacial score (nSPS) is 19.7. The van der Waals surface area contributed by atoms with Crippen molar-refractivity contribution in [2.75, 3.05) is 31.5 Å². The van der Waals surface area contributed by atoms with E-state index >= 15 is 0 Å². The Balaban J connectivity index is 1.48. The molecule has 3 heterocycles. The van der Waals surface area contributed by atoms with Crippen LogP contribution in [0.2, 0.25) is 0 Å². The van der Waals surface area contributed by atoms with Crippen molar-refractivity contribution in [1.82, 2.24) is 19.4 Å². The van der Waals surface area contributed by atoms with Gasteiger partial charge in [0.15, 0.2) is 6.10 Å². The Morgan fingerprint density at radius 3 is 2.61 bits per heavy atom. The van der Waals surface area contributed by atoms with Gasteiger partial charge in [-0.1, -0.05) is 18.2 Å². The minimum atomic E-state index is -0.644. The Bertz CT molecular complexity index is 944. The number of carbonyl (C=O) groups is 2. The average Bonchev–Trinajstić information content (AvgIpc) is 3.26. The van der Waals surface area contributed by atoms with Crippen molar-refractivity contribution in [2.24, 2.45) is 0 Å². The molecule has 1 saturated heterocycles. The summed E-state index contributed by atoms with van der Waals surface area (Å²) in [5.74, 6) is 0.874. The van der Waals surface area contributed by atoms with Crippen LogP contribution in [0.4, 0.5) is 10.5 Å². The molecule has 8 heteroatoms. The zero-order valence-electron chi connectivity index (χ0n) is 18.5. The Kier molecular flexibility index (Phi) is 6.00. The van der Waals surface area contributed by atoms with Crippen LogP contribution in [0.15, 0.2) is 36.7 Å². The lowest BCUT2D eigenvalue weighted by molar-refractivity contribution is -0.179. The third-order valence-corrected chi connectivity index (χ3v) is 6.45. The van der Waals surface area contributed by atoms with Crippen LogP contribution in [0.25, 0.3) is 0 Å². The summed E-state index contributed by atoms with van der Waals surface area (Å²) in [6, 6.07) is 7.64. The number of piperidine rings is 1. The van der Waals surface area contributed by atoms with E-state index in [4.69, 9.17) is 4.74 Å². The molecular formula is C23H31N5O3. The second-order valence-electron chi connectivity index (χ2n) is 8.25. The molecular weight excluding hydrogens is 394 g/mol. The van der Waals surface area contributed by atoms with Crippen LogP contribution in [-0.4, -0.2) is 63.6 Å². The molecule has 4 rings (SSSR count). The van der Waals surface area contributed by atoms with Crippen molar-refractivity contribution >= 4 is 17.6 Å². The molecule has 1 aromatic heterocycles. The fraction of sp³-hybridized carbons (Fsp3) is 0.522. The maximum absolute atomic E-state index is 13.0. The number of anilines is 1. The molecule has 8 nitrogen and oxygen atoms in total. The van der Waals surface area contributed by atoms with Gasteiger partial charge in [-0.15, -0.1) is 0 Å². The van der Waals surface area contributed by atoms with Crippen LogP contribution < -0.4 is 5.32 Å². The molecule has 0 unspecified atom stereocenters. The predicted molar refractivity (Wildman–Crippen MR) is 118 cm³/mol. The third-order valence-electron chi connectivity index (χ3n) is 6.45. The molecule has 0 bridgehead atoms. The highest BCUT2D eigenvalue weighted by Crippen LogP contribution is 2.40. The lowest BCUT2D eigenvalue weighted by atomic mass is 9.88. The number of ether oxygens (including phenoxy) is 1. The number of nitrogens with one attached hydrogen (secondary N) is 1. The average molecular weight is 426 g/mol. The number of carbonyl (C=O) groups excluding carboxylic acids is 2. The van der Waals surface area contributed by atoms with Gasteiger partial charge in [0.1, 0.15) is 11.4 Å². The monoisotopic (exact) mass is 425 g/mol. The number of fused-ring (bicyclic) bond motifs is 2. The minimum Gasteiger partial charge on any atom is -0.352 e. The molecule has 3 amide bonds. The zero-order chi connectivity index (χ0) is 22.0. The molecule has 0 radical (unpaired) electrons. The van der Waals surface area contributed by atoms with Gasteiger partial charge in [0.2, 0.25) is 0 Å². The molecule has 31 heavy (non-hydrogen) atoms. The molecule has 0 aliphatic carbocycles. The van der Waals surface area contributed by atoms with Gasteiger partial charge < -0.3 is 24.4 Å². The smallest absolute Gasteiger partial charge is 0.321 e. The molecule has 1 spiro atoms. The molecule has 1 aromatic carbocycles. The molecule has 2 aliphatic rings. The molecule has 1 N–H and O–H groups in total. The van der Waals surface area contributed by atoms with Crippen LogP contribution in [0.5, 0.6) is 0 Å². The molecule has 0 saturated carbocycles. The largest absolute Gasteiger partial charge is 0.352 e. The minimum absolute atomic E-state index is 0.0171. The Morgan fingerprint density at radius 1 is 1.23 bits per heavy atom. The second kappa shape index (κ2) is 8.70. The topological polar surface area (TPSA) is 79.7 Å². The number of nitrogens with zero attached hydrogens (tertiary/aromatic N) is 4. The maximum Gasteiger partial charge on any atom is 0.321 e. The van der Waals surface area contributed by atoms with Crippen LogP contribution in [0, 0.1) is 6.92 Å². The van der Waals surface area contributed by atoms with Gasteiger partial charge in [-0.05, 0) is 32.4 Å². The van der Waals surface area contributed by atoms with E-state index in [9.17, 15) is 9.59 Å². The summed E-state index contributed by atoms with van der Waals surface area (Å²) in [6.07, 6.45) is 4.36. The van der Waals surface area contributed by atoms with Crippen molar-refractivity contribution in [1.29, 1.82) is 0 Å². The number of rotatable bonds is 4. The van der Waals surface area contributed by atoms with Gasteiger partial charge in [0, 0.05) is 57.1 Å². The van der Waals surface area contributed by atoms with Crippen LogP contribution in [0.3, 0.4) is 0 Å². The Morgan fingerprint density at radius 2 is 1.94 bits per heavy atom. The van der Waals surface area contributed by atoms with E-state index in [1.54, 1.807) is 6.20 Å². The predicted octanol–water partition coefficient (Wildman–Crippen LogP) is 2.98. The summed E-state index contributed by atoms with van der Waals surface area (Å²) in [5.41, 5.74) is 1.20. The van der Waals surface area contributed by atoms with Gasteiger partial charge in [-0.2, -0.15) is 0 Å². The number of urea groups is 1. The van der Waals surface area contributed by atoms with Crippen LogP contribution in [0.1, 0.15) is 38.1 Å². The first-order valence-electron chi connectivity index (χ1n) is 11.1. The highest BCUT2D eigenvalue weighted by molar-refractivity contribution is 5.90. The van der Waals surface area contributed by atoms with Gasteiger partial charge >= 0.3 is 6.03 Å². The van der Waals surface area contributed by atoms with E-state index in [1.165, 1.54) is 0 Å². The second-order valence-corrected chi connectivity index (χ2v) is 8.25. The molecule has 166 valence electrons. The van der Waals surface area contributed by atoms with Crippen molar-refractivity contribution in [3.63, 3.8) is 0 Å². The van der Waals surface area contributed by atoms with Gasteiger partial charge in [-0.3, -0.25) is 4.79 Å². The standard InChI is InChI=1S/C23H31N5O3/c1-4-26(5-2)20(29)19-16-28-15-12-24-21(28)23(31-19)10-13-27(14-11-23)22(30)25-18-9-7-6-8-17(18)3/h6-9,12,15,19H,4-5,10-11,13-14,16H2,1-3H3,(H,25,30)/t19-/m1/s1. The molecule has 2 aliphatic heterocycles. The Hall–Kier alpha value is -2.87. The highest BCUT2D eigenvalue weighted by Gasteiger charge is 2.48. The van der Waals surface area contributed by atoms with Crippen molar-refractivity contribution in [3.05, 3.63) is 48.0 Å². The van der Waals surface area contributed by atoms with Crippen LogP contribution >= 0.6 is 0 Å². The fourth-order valence-corrected chi connectivity index (χ4v) is 4.58. The van der Waals surface area contributed by atoms with E-state index in [0.29, 0.717) is 45.6 Å². The van der Waals surface area contributed by atoms with E-state index in [0.717, 1.165) is 17.1 Å². The molecule has 1 atom stereocenters. The summed E-state index contributed by atoms with van der Waals surface area (Å²) < 4.78 is 8.52. The first-order valence-corrected chi connectivity index (χ1v) is 11.1. The molecule has 1 fully saturated rings. The maximum atomic E-state index is 13.0. The number of aromatic nitrogens is 2. The number of benzene rings is 1. The number of hydrogen-bond acceptors (Lipinski definition) is 4. The van der Waals surface area contributed by atoms with Gasteiger partial charge in [-0.25, -0.2) is 9.78 Å². The summed E-state index contributed by atoms with van der Waals surface area (Å²) >= 11 is 0. The van der Waals surface area contributed by atoms with Gasteiger partial charge in [0.05, 0.1) is 6.54 Å². The van der Waals surface area contributed by atoms with Crippen molar-refractivity contribution in [2.45, 2.75) is 51.9 Å². The Labute approximate surface area is 183 Å². The number of hydrogen-bond donors (Lipinski definition) is 1. The zero-order valence-corrected chi connectivity index (χ0v) is 18.5. The summed E-state index contributed by atoms with van der Waals surface area (Å²) in [7, 11) is 0. The number of para-hydroxylation sites is 1. The first-order chi connectivity index (χ1) is 15.0. The number of likely N-dealkylation sites (N-methyl/N-ethyl adjacent to an activating group) is 1. The number of imidazole rings is 1. The number of amides is 3. The molecule has 2 aromatic rings. The van der Waals surface area contributed by atoms with E-state index in [-0.39, 0.29) is 11.9 Å². The highest BCUT2D eigenvalue weighted by atomic mass is 16.5. The summed E-state index contributed by atoms with van der Waals surface area (Å²) in [6.45, 7) is 8.81. The SMILES string of the molecule is CCN(CC)C(=O)[C@H]1Cn2ccnc2C2(CCN(C(=O)Nc3ccccc3C)CC2)O1. The summed E-state index contributed by atoms with van der Waals surface area (Å²) in [4.78, 5) is 34.0. The third kappa shape index (κ3) is 4.04. The first kappa shape index (κ1) is 21.4. The van der Waals surface area contributed by atoms with Crippen LogP contribution in [-0.2, 0) is 21.7 Å². The lowest BCUT2D eigenvalue weighted by Crippen LogP contribution is -2.55. The van der Waals surface area contributed by atoms with Crippen molar-refractivity contribution in [3.8, 4) is 0 Å². The van der Waals surface area contributed by atoms with Gasteiger partial charge in [0.25, 0.3) is 5.91 Å². The number of aryl methyl sites for hydroxylation is 1. The van der Waals surface area contributed by atoms with E-state index in [1.807, 2.05) is 65.6 Å². The number of likely N-dealkylation sites (tertiary alicyclic amines) is 1. The van der Waals surface area contributed by atoms with E-state index in [2.05, 4.69) is 10.3 Å². The fourth-order valence-electron chi connectivity index (χ4n) is 4.58. The lowest BCUT2D eigenvalue weighted by Gasteiger charge is -2.46. The quantitative estimate of drug-likeness (QED) is 0.817. The summed E-state index contributed by atoms with van der Waals surface area (Å²) in [5, 5.41) is 3.01.